The van der Waals surface area contributed by atoms with Crippen LogP contribution in [-0.2, 0) is 21.9 Å². The molecule has 1 atom stereocenters. The highest BCUT2D eigenvalue weighted by Gasteiger charge is 2.41. The van der Waals surface area contributed by atoms with Gasteiger partial charge in [0.2, 0.25) is 15.9 Å². The van der Waals surface area contributed by atoms with Crippen molar-refractivity contribution in [3.05, 3.63) is 5.69 Å². The molecule has 0 aromatic carbocycles. The van der Waals surface area contributed by atoms with Crippen LogP contribution in [0, 0.1) is 6.92 Å². The fourth-order valence-corrected chi connectivity index (χ4v) is 4.32. The van der Waals surface area contributed by atoms with Crippen molar-refractivity contribution in [2.45, 2.75) is 30.7 Å². The number of nitrogen functional groups attached to an aromatic ring is 1. The topological polar surface area (TPSA) is 124 Å². The number of nitrogens with two attached hydrogens (primary N) is 2. The molecule has 1 aliphatic heterocycles. The lowest BCUT2D eigenvalue weighted by atomic mass is 10.2. The summed E-state index contributed by atoms with van der Waals surface area (Å²) in [6, 6.07) is -0.802. The molecule has 0 spiro atoms. The van der Waals surface area contributed by atoms with Gasteiger partial charge in [-0.05, 0) is 19.8 Å². The molecule has 1 aromatic heterocycles. The minimum absolute atomic E-state index is 0.0387. The van der Waals surface area contributed by atoms with Crippen LogP contribution >= 0.6 is 0 Å². The summed E-state index contributed by atoms with van der Waals surface area (Å²) >= 11 is 0. The van der Waals surface area contributed by atoms with E-state index in [0.29, 0.717) is 18.5 Å². The van der Waals surface area contributed by atoms with E-state index in [2.05, 4.69) is 5.10 Å². The predicted molar refractivity (Wildman–Crippen MR) is 68.5 cm³/mol. The van der Waals surface area contributed by atoms with Crippen molar-refractivity contribution < 1.29 is 13.2 Å². The number of carbonyl (C=O) groups excluding carboxylic acids is 1. The minimum Gasteiger partial charge on any atom is -0.381 e. The summed E-state index contributed by atoms with van der Waals surface area (Å²) in [5, 5.41) is 3.89. The Labute approximate surface area is 111 Å². The average Bonchev–Trinajstić information content (AvgIpc) is 2.85. The number of carbonyl (C=O) groups is 1. The first kappa shape index (κ1) is 13.8. The van der Waals surface area contributed by atoms with Gasteiger partial charge >= 0.3 is 0 Å². The number of primary amides is 1. The predicted octanol–water partition coefficient (Wildman–Crippen LogP) is -1.05. The van der Waals surface area contributed by atoms with Gasteiger partial charge < -0.3 is 11.5 Å². The van der Waals surface area contributed by atoms with E-state index in [-0.39, 0.29) is 17.3 Å². The van der Waals surface area contributed by atoms with Crippen LogP contribution in [0.2, 0.25) is 0 Å². The summed E-state index contributed by atoms with van der Waals surface area (Å²) in [4.78, 5) is 11.3. The number of aryl methyl sites for hydroxylation is 1. The Morgan fingerprint density at radius 1 is 1.47 bits per heavy atom. The Kier molecular flexibility index (Phi) is 3.27. The van der Waals surface area contributed by atoms with Crippen molar-refractivity contribution in [3.8, 4) is 0 Å². The summed E-state index contributed by atoms with van der Waals surface area (Å²) < 4.78 is 27.7. The van der Waals surface area contributed by atoms with Gasteiger partial charge in [-0.15, -0.1) is 0 Å². The molecule has 2 rings (SSSR count). The van der Waals surface area contributed by atoms with Gasteiger partial charge in [0, 0.05) is 13.6 Å². The van der Waals surface area contributed by atoms with E-state index in [1.807, 2.05) is 0 Å². The number of amides is 1. The molecule has 0 saturated carbocycles. The zero-order valence-corrected chi connectivity index (χ0v) is 11.6. The molecule has 0 radical (unpaired) electrons. The highest BCUT2D eigenvalue weighted by atomic mass is 32.2. The van der Waals surface area contributed by atoms with Crippen molar-refractivity contribution in [1.29, 1.82) is 0 Å². The van der Waals surface area contributed by atoms with Crippen LogP contribution < -0.4 is 11.5 Å². The number of aromatic nitrogens is 2. The van der Waals surface area contributed by atoms with E-state index in [0.717, 1.165) is 4.31 Å². The second kappa shape index (κ2) is 4.49. The molecule has 1 aliphatic rings. The van der Waals surface area contributed by atoms with Crippen molar-refractivity contribution in [2.24, 2.45) is 12.8 Å². The summed E-state index contributed by atoms with van der Waals surface area (Å²) in [5.74, 6) is -0.698. The molecule has 2 heterocycles. The molecule has 1 saturated heterocycles. The highest BCUT2D eigenvalue weighted by Crippen LogP contribution is 2.30. The Hall–Kier alpha value is -1.61. The first-order chi connectivity index (χ1) is 8.76. The fourth-order valence-electron chi connectivity index (χ4n) is 2.36. The summed E-state index contributed by atoms with van der Waals surface area (Å²) in [5.41, 5.74) is 11.3. The molecule has 106 valence electrons. The maximum absolute atomic E-state index is 12.6. The van der Waals surface area contributed by atoms with Gasteiger partial charge in [0.1, 0.15) is 10.9 Å². The molecular weight excluding hydrogens is 270 g/mol. The lowest BCUT2D eigenvalue weighted by Crippen LogP contribution is -2.43. The van der Waals surface area contributed by atoms with Gasteiger partial charge in [0.25, 0.3) is 0 Å². The van der Waals surface area contributed by atoms with Crippen LogP contribution in [0.4, 0.5) is 5.82 Å². The molecule has 4 N–H and O–H groups in total. The summed E-state index contributed by atoms with van der Waals surface area (Å²) in [6.07, 6.45) is 1.04. The molecule has 8 nitrogen and oxygen atoms in total. The van der Waals surface area contributed by atoms with Crippen LogP contribution in [0.3, 0.4) is 0 Å². The largest absolute Gasteiger partial charge is 0.381 e. The van der Waals surface area contributed by atoms with Crippen molar-refractivity contribution in [3.63, 3.8) is 0 Å². The summed E-state index contributed by atoms with van der Waals surface area (Å²) in [7, 11) is -2.24. The Balaban J connectivity index is 2.51. The third-order valence-corrected chi connectivity index (χ3v) is 5.48. The van der Waals surface area contributed by atoms with Gasteiger partial charge in [-0.2, -0.15) is 9.40 Å². The Bertz CT molecular complexity index is 621. The number of rotatable bonds is 3. The van der Waals surface area contributed by atoms with Gasteiger partial charge in [-0.25, -0.2) is 8.42 Å². The van der Waals surface area contributed by atoms with Crippen molar-refractivity contribution in [1.82, 2.24) is 14.1 Å². The third kappa shape index (κ3) is 2.08. The molecule has 1 aromatic rings. The second-order valence-corrected chi connectivity index (χ2v) is 6.43. The van der Waals surface area contributed by atoms with Crippen LogP contribution in [0.15, 0.2) is 4.90 Å². The SMILES string of the molecule is Cc1c(S(=O)(=O)N2CCCC2C(N)=O)c(N)nn1C. The molecule has 19 heavy (non-hydrogen) atoms. The molecule has 9 heteroatoms. The monoisotopic (exact) mass is 287 g/mol. The van der Waals surface area contributed by atoms with E-state index in [1.54, 1.807) is 14.0 Å². The zero-order valence-electron chi connectivity index (χ0n) is 10.8. The van der Waals surface area contributed by atoms with Crippen LogP contribution in [0.1, 0.15) is 18.5 Å². The number of hydrogen-bond donors (Lipinski definition) is 2. The highest BCUT2D eigenvalue weighted by molar-refractivity contribution is 7.89. The molecular formula is C10H17N5O3S. The standard InChI is InChI=1S/C10H17N5O3S/c1-6-8(9(11)13-14(6)2)19(17,18)15-5-3-4-7(15)10(12)16/h7H,3-5H2,1-2H3,(H2,11,13)(H2,12,16). The first-order valence-corrected chi connectivity index (χ1v) is 7.31. The molecule has 1 unspecified atom stereocenters. The Morgan fingerprint density at radius 2 is 2.11 bits per heavy atom. The number of sulfonamides is 1. The smallest absolute Gasteiger partial charge is 0.249 e. The normalized spacial score (nSPS) is 20.8. The van der Waals surface area contributed by atoms with E-state index in [4.69, 9.17) is 11.5 Å². The van der Waals surface area contributed by atoms with Crippen LogP contribution in [0.5, 0.6) is 0 Å². The maximum Gasteiger partial charge on any atom is 0.249 e. The van der Waals surface area contributed by atoms with Gasteiger partial charge in [0.15, 0.2) is 5.82 Å². The number of nitrogens with zero attached hydrogens (tertiary/aromatic N) is 3. The quantitative estimate of drug-likeness (QED) is 0.734. The van der Waals surface area contributed by atoms with Gasteiger partial charge in [0.05, 0.1) is 5.69 Å². The minimum atomic E-state index is -3.85. The first-order valence-electron chi connectivity index (χ1n) is 5.87. The van der Waals surface area contributed by atoms with Gasteiger partial charge in [-0.1, -0.05) is 0 Å². The number of hydrogen-bond acceptors (Lipinski definition) is 5. The average molecular weight is 287 g/mol. The maximum atomic E-state index is 12.6. The summed E-state index contributed by atoms with van der Waals surface area (Å²) in [6.45, 7) is 1.88. The van der Waals surface area contributed by atoms with Gasteiger partial charge in [-0.3, -0.25) is 9.48 Å². The van der Waals surface area contributed by atoms with E-state index >= 15 is 0 Å². The number of anilines is 1. The lowest BCUT2D eigenvalue weighted by molar-refractivity contribution is -0.121. The molecule has 0 aliphatic carbocycles. The second-order valence-electron chi connectivity index (χ2n) is 4.60. The van der Waals surface area contributed by atoms with Crippen molar-refractivity contribution in [2.75, 3.05) is 12.3 Å². The van der Waals surface area contributed by atoms with Crippen LogP contribution in [0.25, 0.3) is 0 Å². The Morgan fingerprint density at radius 3 is 2.58 bits per heavy atom. The lowest BCUT2D eigenvalue weighted by Gasteiger charge is -2.21. The zero-order chi connectivity index (χ0) is 14.4. The van der Waals surface area contributed by atoms with Crippen molar-refractivity contribution >= 4 is 21.7 Å². The molecule has 1 fully saturated rings. The third-order valence-electron chi connectivity index (χ3n) is 3.40. The molecule has 0 bridgehead atoms. The molecule has 1 amide bonds. The van der Waals surface area contributed by atoms with E-state index in [9.17, 15) is 13.2 Å². The fraction of sp³-hybridized carbons (Fsp3) is 0.600. The van der Waals surface area contributed by atoms with Crippen LogP contribution in [-0.4, -0.2) is 41.0 Å². The van der Waals surface area contributed by atoms with E-state index in [1.165, 1.54) is 4.68 Å². The van der Waals surface area contributed by atoms with E-state index < -0.39 is 22.0 Å².